The number of amides is 1. The van der Waals surface area contributed by atoms with E-state index < -0.39 is 0 Å². The van der Waals surface area contributed by atoms with Gasteiger partial charge >= 0.3 is 5.97 Å². The molecular weight excluding hydrogens is 296 g/mol. The molecule has 0 spiro atoms. The minimum absolute atomic E-state index is 0.135. The van der Waals surface area contributed by atoms with Crippen LogP contribution < -0.4 is 5.32 Å². The lowest BCUT2D eigenvalue weighted by atomic mass is 10.1. The molecule has 23 heavy (non-hydrogen) atoms. The van der Waals surface area contributed by atoms with Crippen LogP contribution in [0.2, 0.25) is 0 Å². The van der Waals surface area contributed by atoms with Gasteiger partial charge in [0.2, 0.25) is 5.91 Å². The lowest BCUT2D eigenvalue weighted by molar-refractivity contribution is -0.140. The summed E-state index contributed by atoms with van der Waals surface area (Å²) < 4.78 is 10.1. The highest BCUT2D eigenvalue weighted by molar-refractivity contribution is 5.93. The van der Waals surface area contributed by atoms with E-state index in [0.29, 0.717) is 30.1 Å². The Morgan fingerprint density at radius 1 is 1.26 bits per heavy atom. The van der Waals surface area contributed by atoms with Crippen LogP contribution in [0.4, 0.5) is 5.69 Å². The van der Waals surface area contributed by atoms with Crippen molar-refractivity contribution < 1.29 is 18.7 Å². The molecule has 0 fully saturated rings. The number of ether oxygens (including phenoxy) is 1. The van der Waals surface area contributed by atoms with E-state index in [1.165, 1.54) is 14.0 Å². The molecule has 0 saturated heterocycles. The monoisotopic (exact) mass is 316 g/mol. The highest BCUT2D eigenvalue weighted by Crippen LogP contribution is 2.27. The topological polar surface area (TPSA) is 81.4 Å². The Hall–Kier alpha value is -2.63. The molecule has 6 heteroatoms. The first-order chi connectivity index (χ1) is 11.1. The fourth-order valence-electron chi connectivity index (χ4n) is 2.20. The van der Waals surface area contributed by atoms with E-state index in [9.17, 15) is 9.59 Å². The number of nitrogens with one attached hydrogen (secondary N) is 1. The van der Waals surface area contributed by atoms with Crippen LogP contribution in [0.3, 0.4) is 0 Å². The zero-order valence-electron chi connectivity index (χ0n) is 13.3. The van der Waals surface area contributed by atoms with Crippen LogP contribution in [0.5, 0.6) is 0 Å². The molecule has 6 nitrogen and oxygen atoms in total. The molecule has 2 aromatic rings. The zero-order chi connectivity index (χ0) is 16.7. The van der Waals surface area contributed by atoms with E-state index in [2.05, 4.69) is 15.0 Å². The average molecular weight is 316 g/mol. The Morgan fingerprint density at radius 2 is 2.04 bits per heavy atom. The molecule has 0 radical (unpaired) electrons. The van der Waals surface area contributed by atoms with E-state index in [-0.39, 0.29) is 11.9 Å². The molecule has 0 aliphatic rings. The second-order valence-electron chi connectivity index (χ2n) is 5.14. The number of aryl methyl sites for hydroxylation is 1. The van der Waals surface area contributed by atoms with Gasteiger partial charge in [-0.1, -0.05) is 18.2 Å². The molecule has 0 bridgehead atoms. The number of oxazole rings is 1. The van der Waals surface area contributed by atoms with E-state index in [0.717, 1.165) is 18.4 Å². The zero-order valence-corrected chi connectivity index (χ0v) is 13.3. The van der Waals surface area contributed by atoms with Crippen molar-refractivity contribution in [1.29, 1.82) is 0 Å². The minimum atomic E-state index is -0.206. The first-order valence-electron chi connectivity index (χ1n) is 7.48. The SMILES string of the molecule is COC(=O)CCCCc1nc(-c2ccccc2NC(C)=O)co1. The molecule has 0 saturated carbocycles. The summed E-state index contributed by atoms with van der Waals surface area (Å²) in [5, 5.41) is 2.78. The number of unbranched alkanes of at least 4 members (excludes halogenated alkanes) is 1. The third-order valence-electron chi connectivity index (χ3n) is 3.31. The van der Waals surface area contributed by atoms with Gasteiger partial charge in [-0.15, -0.1) is 0 Å². The summed E-state index contributed by atoms with van der Waals surface area (Å²) in [5.41, 5.74) is 2.19. The van der Waals surface area contributed by atoms with Gasteiger partial charge in [0.25, 0.3) is 0 Å². The van der Waals surface area contributed by atoms with Crippen LogP contribution in [0.1, 0.15) is 32.1 Å². The van der Waals surface area contributed by atoms with Crippen molar-refractivity contribution in [1.82, 2.24) is 4.98 Å². The molecule has 0 atom stereocenters. The number of methoxy groups -OCH3 is 1. The third-order valence-corrected chi connectivity index (χ3v) is 3.31. The Labute approximate surface area is 134 Å². The van der Waals surface area contributed by atoms with Crippen molar-refractivity contribution in [2.45, 2.75) is 32.6 Å². The summed E-state index contributed by atoms with van der Waals surface area (Å²) in [4.78, 5) is 26.8. The third kappa shape index (κ3) is 4.95. The number of nitrogens with zero attached hydrogens (tertiary/aromatic N) is 1. The van der Waals surface area contributed by atoms with Gasteiger partial charge in [-0.25, -0.2) is 4.98 Å². The molecule has 122 valence electrons. The van der Waals surface area contributed by atoms with Crippen molar-refractivity contribution in [3.8, 4) is 11.3 Å². The first-order valence-corrected chi connectivity index (χ1v) is 7.48. The number of para-hydroxylation sites is 1. The van der Waals surface area contributed by atoms with Crippen molar-refractivity contribution >= 4 is 17.6 Å². The van der Waals surface area contributed by atoms with E-state index in [1.54, 1.807) is 6.26 Å². The van der Waals surface area contributed by atoms with E-state index >= 15 is 0 Å². The number of anilines is 1. The van der Waals surface area contributed by atoms with Gasteiger partial charge in [0.05, 0.1) is 12.8 Å². The molecule has 0 unspecified atom stereocenters. The van der Waals surface area contributed by atoms with Gasteiger partial charge in [-0.05, 0) is 18.9 Å². The molecule has 1 heterocycles. The second kappa shape index (κ2) is 8.12. The Balaban J connectivity index is 1.99. The van der Waals surface area contributed by atoms with Crippen LogP contribution in [0.15, 0.2) is 34.9 Å². The summed E-state index contributed by atoms with van der Waals surface area (Å²) in [7, 11) is 1.38. The summed E-state index contributed by atoms with van der Waals surface area (Å²) in [6.07, 6.45) is 4.15. The maximum absolute atomic E-state index is 11.3. The van der Waals surface area contributed by atoms with Gasteiger partial charge in [-0.3, -0.25) is 9.59 Å². The number of carbonyl (C=O) groups is 2. The van der Waals surface area contributed by atoms with Gasteiger partial charge in [0.15, 0.2) is 5.89 Å². The molecule has 1 N–H and O–H groups in total. The average Bonchev–Trinajstić information content (AvgIpc) is 3.00. The summed E-state index contributed by atoms with van der Waals surface area (Å²) >= 11 is 0. The summed E-state index contributed by atoms with van der Waals surface area (Å²) in [6.45, 7) is 1.46. The highest BCUT2D eigenvalue weighted by atomic mass is 16.5. The Bertz CT molecular complexity index is 679. The normalized spacial score (nSPS) is 10.3. The Kier molecular flexibility index (Phi) is 5.91. The standard InChI is InChI=1S/C17H20N2O4/c1-12(20)18-14-8-4-3-7-13(14)15-11-23-16(19-15)9-5-6-10-17(21)22-2/h3-4,7-8,11H,5-6,9-10H2,1-2H3,(H,18,20). The molecule has 0 aliphatic heterocycles. The number of rotatable bonds is 7. The first kappa shape index (κ1) is 16.7. The van der Waals surface area contributed by atoms with Gasteiger partial charge in [-0.2, -0.15) is 0 Å². The van der Waals surface area contributed by atoms with Crippen molar-refractivity contribution in [2.24, 2.45) is 0 Å². The maximum Gasteiger partial charge on any atom is 0.305 e. The highest BCUT2D eigenvalue weighted by Gasteiger charge is 2.11. The molecule has 2 rings (SSSR count). The van der Waals surface area contributed by atoms with Crippen LogP contribution >= 0.6 is 0 Å². The number of hydrogen-bond donors (Lipinski definition) is 1. The van der Waals surface area contributed by atoms with Gasteiger partial charge in [0, 0.05) is 25.3 Å². The maximum atomic E-state index is 11.3. The Morgan fingerprint density at radius 3 is 2.78 bits per heavy atom. The summed E-state index contributed by atoms with van der Waals surface area (Å²) in [5.74, 6) is 0.272. The van der Waals surface area contributed by atoms with Crippen molar-refractivity contribution in [3.05, 3.63) is 36.4 Å². The van der Waals surface area contributed by atoms with E-state index in [1.807, 2.05) is 24.3 Å². The minimum Gasteiger partial charge on any atom is -0.469 e. The largest absolute Gasteiger partial charge is 0.469 e. The smallest absolute Gasteiger partial charge is 0.305 e. The van der Waals surface area contributed by atoms with Crippen molar-refractivity contribution in [3.63, 3.8) is 0 Å². The number of esters is 1. The summed E-state index contributed by atoms with van der Waals surface area (Å²) in [6, 6.07) is 7.43. The van der Waals surface area contributed by atoms with Gasteiger partial charge in [0.1, 0.15) is 12.0 Å². The molecule has 1 aromatic carbocycles. The fourth-order valence-corrected chi connectivity index (χ4v) is 2.20. The van der Waals surface area contributed by atoms with E-state index in [4.69, 9.17) is 4.42 Å². The van der Waals surface area contributed by atoms with Crippen molar-refractivity contribution in [2.75, 3.05) is 12.4 Å². The lowest BCUT2D eigenvalue weighted by Gasteiger charge is -2.06. The van der Waals surface area contributed by atoms with Crippen LogP contribution in [-0.4, -0.2) is 24.0 Å². The lowest BCUT2D eigenvalue weighted by Crippen LogP contribution is -2.06. The predicted octanol–water partition coefficient (Wildman–Crippen LogP) is 3.19. The predicted molar refractivity (Wildman–Crippen MR) is 85.8 cm³/mol. The quantitative estimate of drug-likeness (QED) is 0.626. The number of hydrogen-bond acceptors (Lipinski definition) is 5. The number of benzene rings is 1. The van der Waals surface area contributed by atoms with Crippen LogP contribution in [0, 0.1) is 0 Å². The van der Waals surface area contributed by atoms with Crippen LogP contribution in [0.25, 0.3) is 11.3 Å². The molecule has 1 amide bonds. The molecule has 1 aromatic heterocycles. The molecular formula is C17H20N2O4. The van der Waals surface area contributed by atoms with Gasteiger partial charge < -0.3 is 14.5 Å². The molecule has 0 aliphatic carbocycles. The number of aromatic nitrogens is 1. The second-order valence-corrected chi connectivity index (χ2v) is 5.14. The van der Waals surface area contributed by atoms with Crippen LogP contribution in [-0.2, 0) is 20.7 Å². The fraction of sp³-hybridized carbons (Fsp3) is 0.353. The number of carbonyl (C=O) groups excluding carboxylic acids is 2.